The van der Waals surface area contributed by atoms with Crippen molar-refractivity contribution >= 4 is 0 Å². The van der Waals surface area contributed by atoms with E-state index < -0.39 is 0 Å². The average Bonchev–Trinajstić information content (AvgIpc) is 2.84. The molecule has 0 aliphatic rings. The van der Waals surface area contributed by atoms with Crippen molar-refractivity contribution in [1.82, 2.24) is 15.5 Å². The third kappa shape index (κ3) is 26.7. The maximum Gasteiger partial charge on any atom is 0.0791 e. The van der Waals surface area contributed by atoms with Gasteiger partial charge in [0.1, 0.15) is 0 Å². The standard InChI is InChI=1S/C30H65N3O2/c1-4-7-10-13-16-19-22-31-25-29(34)27-33(24-21-18-15-12-9-6-3)28-30(35)26-32-23-20-17-14-11-8-5-2/h29-32,34-35H,4-28H2,1-3H3. The molecule has 5 nitrogen and oxygen atoms in total. The topological polar surface area (TPSA) is 67.8 Å². The van der Waals surface area contributed by atoms with Crippen LogP contribution in [-0.2, 0) is 0 Å². The molecule has 2 atom stereocenters. The Balaban J connectivity index is 4.14. The van der Waals surface area contributed by atoms with Crippen LogP contribution in [0.3, 0.4) is 0 Å². The zero-order valence-electron chi connectivity index (χ0n) is 24.2. The maximum atomic E-state index is 10.6. The highest BCUT2D eigenvalue weighted by Gasteiger charge is 2.15. The minimum Gasteiger partial charge on any atom is -0.390 e. The number of aliphatic hydroxyl groups excluding tert-OH is 2. The van der Waals surface area contributed by atoms with E-state index in [-0.39, 0.29) is 12.2 Å². The molecule has 0 spiro atoms. The predicted octanol–water partition coefficient (Wildman–Crippen LogP) is 6.27. The lowest BCUT2D eigenvalue weighted by Crippen LogP contribution is -2.44. The number of hydrogen-bond acceptors (Lipinski definition) is 5. The molecule has 2 unspecified atom stereocenters. The first-order chi connectivity index (χ1) is 17.1. The van der Waals surface area contributed by atoms with Gasteiger partial charge in [0.05, 0.1) is 12.2 Å². The summed E-state index contributed by atoms with van der Waals surface area (Å²) in [6, 6.07) is 0. The summed E-state index contributed by atoms with van der Waals surface area (Å²) in [6.45, 7) is 12.3. The van der Waals surface area contributed by atoms with Crippen molar-refractivity contribution in [1.29, 1.82) is 0 Å². The van der Waals surface area contributed by atoms with E-state index in [0.717, 1.165) is 26.1 Å². The second-order valence-corrected chi connectivity index (χ2v) is 10.8. The normalized spacial score (nSPS) is 13.5. The molecule has 0 aromatic carbocycles. The highest BCUT2D eigenvalue weighted by atomic mass is 16.3. The maximum absolute atomic E-state index is 10.6. The van der Waals surface area contributed by atoms with E-state index in [4.69, 9.17) is 0 Å². The molecule has 0 aliphatic heterocycles. The number of nitrogens with zero attached hydrogens (tertiary/aromatic N) is 1. The predicted molar refractivity (Wildman–Crippen MR) is 154 cm³/mol. The van der Waals surface area contributed by atoms with E-state index in [2.05, 4.69) is 36.3 Å². The molecule has 35 heavy (non-hydrogen) atoms. The van der Waals surface area contributed by atoms with Crippen LogP contribution in [-0.4, -0.2) is 73.1 Å². The summed E-state index contributed by atoms with van der Waals surface area (Å²) in [5.74, 6) is 0. The molecule has 0 aromatic heterocycles. The molecule has 5 heteroatoms. The molecule has 0 fully saturated rings. The van der Waals surface area contributed by atoms with E-state index in [1.54, 1.807) is 0 Å². The van der Waals surface area contributed by atoms with Gasteiger partial charge in [-0.2, -0.15) is 0 Å². The first kappa shape index (κ1) is 34.8. The van der Waals surface area contributed by atoms with Crippen molar-refractivity contribution in [2.75, 3.05) is 45.8 Å². The number of unbranched alkanes of at least 4 members (excludes halogenated alkanes) is 15. The Morgan fingerprint density at radius 3 is 1.23 bits per heavy atom. The molecule has 0 aliphatic carbocycles. The van der Waals surface area contributed by atoms with Gasteiger partial charge in [-0.3, -0.25) is 4.90 Å². The van der Waals surface area contributed by atoms with Gasteiger partial charge >= 0.3 is 0 Å². The third-order valence-electron chi connectivity index (χ3n) is 6.94. The van der Waals surface area contributed by atoms with Crippen molar-refractivity contribution in [2.45, 2.75) is 149 Å². The molecule has 0 rings (SSSR count). The molecular weight excluding hydrogens is 434 g/mol. The lowest BCUT2D eigenvalue weighted by atomic mass is 10.1. The zero-order chi connectivity index (χ0) is 25.8. The van der Waals surface area contributed by atoms with Crippen LogP contribution in [0.4, 0.5) is 0 Å². The second-order valence-electron chi connectivity index (χ2n) is 10.8. The van der Waals surface area contributed by atoms with Gasteiger partial charge in [-0.15, -0.1) is 0 Å². The SMILES string of the molecule is CCCCCCCCNCC(O)CN(CCCCCCCC)CC(O)CNCCCCCCCC. The molecule has 0 saturated carbocycles. The monoisotopic (exact) mass is 500 g/mol. The Bertz CT molecular complexity index is 370. The minimum absolute atomic E-state index is 0.376. The summed E-state index contributed by atoms with van der Waals surface area (Å²) in [4.78, 5) is 2.29. The number of aliphatic hydroxyl groups is 2. The first-order valence-corrected chi connectivity index (χ1v) is 15.6. The van der Waals surface area contributed by atoms with E-state index in [0.29, 0.717) is 26.2 Å². The van der Waals surface area contributed by atoms with E-state index >= 15 is 0 Å². The summed E-state index contributed by atoms with van der Waals surface area (Å²) < 4.78 is 0. The lowest BCUT2D eigenvalue weighted by Gasteiger charge is -2.27. The van der Waals surface area contributed by atoms with Crippen LogP contribution in [0.5, 0.6) is 0 Å². The smallest absolute Gasteiger partial charge is 0.0791 e. The van der Waals surface area contributed by atoms with E-state index in [1.165, 1.54) is 109 Å². The molecule has 0 radical (unpaired) electrons. The lowest BCUT2D eigenvalue weighted by molar-refractivity contribution is 0.0679. The molecule has 212 valence electrons. The second kappa shape index (κ2) is 28.4. The molecule has 0 amide bonds. The third-order valence-corrected chi connectivity index (χ3v) is 6.94. The van der Waals surface area contributed by atoms with Crippen LogP contribution in [0.15, 0.2) is 0 Å². The Labute approximate surface area is 220 Å². The highest BCUT2D eigenvalue weighted by Crippen LogP contribution is 2.08. The Kier molecular flexibility index (Phi) is 28.2. The number of hydrogen-bond donors (Lipinski definition) is 4. The van der Waals surface area contributed by atoms with Gasteiger partial charge in [0.15, 0.2) is 0 Å². The fourth-order valence-electron chi connectivity index (χ4n) is 4.70. The molecule has 0 saturated heterocycles. The molecule has 4 N–H and O–H groups in total. The molecule has 0 heterocycles. The summed E-state index contributed by atoms with van der Waals surface area (Å²) >= 11 is 0. The zero-order valence-corrected chi connectivity index (χ0v) is 24.2. The molecule has 0 bridgehead atoms. The quantitative estimate of drug-likeness (QED) is 0.0913. The van der Waals surface area contributed by atoms with Crippen LogP contribution in [0.25, 0.3) is 0 Å². The van der Waals surface area contributed by atoms with Crippen molar-refractivity contribution in [3.63, 3.8) is 0 Å². The van der Waals surface area contributed by atoms with Gasteiger partial charge in [0.2, 0.25) is 0 Å². The molecular formula is C30H65N3O2. The van der Waals surface area contributed by atoms with Gasteiger partial charge in [-0.1, -0.05) is 117 Å². The summed E-state index contributed by atoms with van der Waals surface area (Å²) in [6.07, 6.45) is 22.5. The van der Waals surface area contributed by atoms with Crippen molar-refractivity contribution in [2.24, 2.45) is 0 Å². The van der Waals surface area contributed by atoms with E-state index in [1.807, 2.05) is 0 Å². The van der Waals surface area contributed by atoms with Crippen molar-refractivity contribution < 1.29 is 10.2 Å². The van der Waals surface area contributed by atoms with Crippen molar-refractivity contribution in [3.05, 3.63) is 0 Å². The fraction of sp³-hybridized carbons (Fsp3) is 1.00. The Morgan fingerprint density at radius 2 is 0.829 bits per heavy atom. The van der Waals surface area contributed by atoms with Crippen LogP contribution in [0.2, 0.25) is 0 Å². The van der Waals surface area contributed by atoms with Gasteiger partial charge in [0, 0.05) is 26.2 Å². The Morgan fingerprint density at radius 1 is 0.486 bits per heavy atom. The molecule has 0 aromatic rings. The van der Waals surface area contributed by atoms with Gasteiger partial charge in [0.25, 0.3) is 0 Å². The summed E-state index contributed by atoms with van der Waals surface area (Å²) in [5, 5.41) is 28.1. The number of nitrogens with one attached hydrogen (secondary N) is 2. The van der Waals surface area contributed by atoms with Crippen LogP contribution in [0.1, 0.15) is 136 Å². The van der Waals surface area contributed by atoms with Crippen LogP contribution >= 0.6 is 0 Å². The van der Waals surface area contributed by atoms with E-state index in [9.17, 15) is 10.2 Å². The average molecular weight is 500 g/mol. The fourth-order valence-corrected chi connectivity index (χ4v) is 4.70. The minimum atomic E-state index is -0.376. The Hall–Kier alpha value is -0.200. The largest absolute Gasteiger partial charge is 0.390 e. The summed E-state index contributed by atoms with van der Waals surface area (Å²) in [5.41, 5.74) is 0. The van der Waals surface area contributed by atoms with Crippen LogP contribution in [0, 0.1) is 0 Å². The van der Waals surface area contributed by atoms with Gasteiger partial charge in [-0.05, 0) is 38.9 Å². The first-order valence-electron chi connectivity index (χ1n) is 15.6. The number of rotatable bonds is 29. The van der Waals surface area contributed by atoms with Gasteiger partial charge < -0.3 is 20.8 Å². The van der Waals surface area contributed by atoms with Gasteiger partial charge in [-0.25, -0.2) is 0 Å². The highest BCUT2D eigenvalue weighted by molar-refractivity contribution is 4.72. The summed E-state index contributed by atoms with van der Waals surface area (Å²) in [7, 11) is 0. The van der Waals surface area contributed by atoms with Crippen LogP contribution < -0.4 is 10.6 Å². The van der Waals surface area contributed by atoms with Crippen molar-refractivity contribution in [3.8, 4) is 0 Å².